The van der Waals surface area contributed by atoms with E-state index in [0.29, 0.717) is 27.6 Å². The van der Waals surface area contributed by atoms with Crippen molar-refractivity contribution in [2.45, 2.75) is 19.3 Å². The van der Waals surface area contributed by atoms with E-state index < -0.39 is 5.97 Å². The minimum absolute atomic E-state index is 0.238. The fourth-order valence-corrected chi connectivity index (χ4v) is 4.25. The third-order valence-electron chi connectivity index (χ3n) is 4.73. The highest BCUT2D eigenvalue weighted by Gasteiger charge is 2.27. The summed E-state index contributed by atoms with van der Waals surface area (Å²) in [6.07, 6.45) is 5.20. The van der Waals surface area contributed by atoms with Gasteiger partial charge in [0.1, 0.15) is 11.5 Å². The van der Waals surface area contributed by atoms with Gasteiger partial charge < -0.3 is 14.1 Å². The van der Waals surface area contributed by atoms with E-state index >= 15 is 0 Å². The Morgan fingerprint density at radius 2 is 1.96 bits per heavy atom. The quantitative estimate of drug-likeness (QED) is 0.572. The van der Waals surface area contributed by atoms with Crippen molar-refractivity contribution >= 4 is 34.9 Å². The van der Waals surface area contributed by atoms with Crippen LogP contribution in [-0.4, -0.2) is 42.1 Å². The monoisotopic (exact) mass is 396 g/mol. The molecule has 1 aromatic heterocycles. The fourth-order valence-electron chi connectivity index (χ4n) is 3.31. The molecule has 0 atom stereocenters. The van der Waals surface area contributed by atoms with E-state index in [-0.39, 0.29) is 5.91 Å². The first-order valence-electron chi connectivity index (χ1n) is 9.21. The smallest absolute Gasteiger partial charge is 0.338 e. The molecule has 1 aromatic carbocycles. The highest BCUT2D eigenvalue weighted by molar-refractivity contribution is 8.18. The Morgan fingerprint density at radius 3 is 2.75 bits per heavy atom. The Balaban J connectivity index is 1.55. The number of hydrogen-bond donors (Lipinski definition) is 0. The van der Waals surface area contributed by atoms with Gasteiger partial charge in [-0.3, -0.25) is 4.79 Å². The standard InChI is InChI=1S/C21H20N2O4S/c1-26-20(25)16-8-4-3-7-15(16)17-10-9-14(27-17)13-18-19(24)22-21(28-18)23-11-5-2-6-12-23/h3-4,7-10,13H,2,5-6,11-12H2,1H3/b18-13-. The molecule has 0 unspecified atom stereocenters. The van der Waals surface area contributed by atoms with E-state index in [9.17, 15) is 9.59 Å². The molecule has 0 radical (unpaired) electrons. The van der Waals surface area contributed by atoms with Crippen LogP contribution in [0, 0.1) is 0 Å². The van der Waals surface area contributed by atoms with Crippen LogP contribution in [0.5, 0.6) is 0 Å². The highest BCUT2D eigenvalue weighted by atomic mass is 32.2. The van der Waals surface area contributed by atoms with Gasteiger partial charge in [-0.2, -0.15) is 4.99 Å². The molecular formula is C21H20N2O4S. The van der Waals surface area contributed by atoms with Gasteiger partial charge >= 0.3 is 5.97 Å². The molecule has 2 aliphatic heterocycles. The average molecular weight is 396 g/mol. The first-order chi connectivity index (χ1) is 13.7. The number of methoxy groups -OCH3 is 1. The number of esters is 1. The molecule has 0 bridgehead atoms. The van der Waals surface area contributed by atoms with Crippen molar-refractivity contribution in [2.75, 3.05) is 20.2 Å². The van der Waals surface area contributed by atoms with Gasteiger partial charge in [-0.05, 0) is 49.2 Å². The van der Waals surface area contributed by atoms with Crippen molar-refractivity contribution in [3.8, 4) is 11.3 Å². The zero-order chi connectivity index (χ0) is 19.5. The Morgan fingerprint density at radius 1 is 1.18 bits per heavy atom. The Hall–Kier alpha value is -2.80. The maximum absolute atomic E-state index is 12.3. The number of thioether (sulfide) groups is 1. The lowest BCUT2D eigenvalue weighted by molar-refractivity contribution is -0.113. The summed E-state index contributed by atoms with van der Waals surface area (Å²) in [5.41, 5.74) is 1.08. The van der Waals surface area contributed by atoms with Crippen molar-refractivity contribution < 1.29 is 18.7 Å². The molecule has 0 aliphatic carbocycles. The topological polar surface area (TPSA) is 72.1 Å². The lowest BCUT2D eigenvalue weighted by Gasteiger charge is -2.27. The van der Waals surface area contributed by atoms with Crippen LogP contribution >= 0.6 is 11.8 Å². The largest absolute Gasteiger partial charge is 0.465 e. The van der Waals surface area contributed by atoms with E-state index in [1.807, 2.05) is 6.07 Å². The molecule has 0 spiro atoms. The molecule has 28 heavy (non-hydrogen) atoms. The minimum Gasteiger partial charge on any atom is -0.465 e. The summed E-state index contributed by atoms with van der Waals surface area (Å²) in [6.45, 7) is 1.89. The predicted molar refractivity (Wildman–Crippen MR) is 109 cm³/mol. The molecule has 2 aromatic rings. The van der Waals surface area contributed by atoms with Crippen molar-refractivity contribution in [1.82, 2.24) is 4.90 Å². The molecule has 1 amide bonds. The van der Waals surface area contributed by atoms with Crippen LogP contribution in [-0.2, 0) is 9.53 Å². The van der Waals surface area contributed by atoms with Crippen molar-refractivity contribution in [3.63, 3.8) is 0 Å². The Kier molecular flexibility index (Phi) is 5.34. The van der Waals surface area contributed by atoms with Gasteiger partial charge in [0.2, 0.25) is 0 Å². The van der Waals surface area contributed by atoms with Gasteiger partial charge in [0.25, 0.3) is 5.91 Å². The van der Waals surface area contributed by atoms with Gasteiger partial charge in [0, 0.05) is 24.7 Å². The van der Waals surface area contributed by atoms with Crippen LogP contribution in [0.25, 0.3) is 17.4 Å². The summed E-state index contributed by atoms with van der Waals surface area (Å²) in [5, 5.41) is 0.777. The second-order valence-electron chi connectivity index (χ2n) is 6.60. The van der Waals surface area contributed by atoms with Gasteiger partial charge in [0.05, 0.1) is 17.6 Å². The number of piperidine rings is 1. The molecule has 6 nitrogen and oxygen atoms in total. The number of amides is 1. The van der Waals surface area contributed by atoms with Crippen LogP contribution in [0.3, 0.4) is 0 Å². The number of amidine groups is 1. The molecule has 3 heterocycles. The van der Waals surface area contributed by atoms with Crippen LogP contribution in [0.1, 0.15) is 35.4 Å². The summed E-state index contributed by atoms with van der Waals surface area (Å²) in [6, 6.07) is 10.7. The SMILES string of the molecule is COC(=O)c1ccccc1-c1ccc(/C=C2\SC(N3CCCCC3)=NC2=O)o1. The summed E-state index contributed by atoms with van der Waals surface area (Å²) in [5.74, 6) is 0.424. The molecule has 144 valence electrons. The molecule has 4 rings (SSSR count). The lowest BCUT2D eigenvalue weighted by Crippen LogP contribution is -2.33. The average Bonchev–Trinajstić information content (AvgIpc) is 3.35. The maximum atomic E-state index is 12.3. The Bertz CT molecular complexity index is 970. The minimum atomic E-state index is -0.423. The number of likely N-dealkylation sites (tertiary alicyclic amines) is 1. The number of benzene rings is 1. The number of aliphatic imine (C=N–C) groups is 1. The molecule has 1 fully saturated rings. The third kappa shape index (κ3) is 3.75. The maximum Gasteiger partial charge on any atom is 0.338 e. The summed E-state index contributed by atoms with van der Waals surface area (Å²) in [4.78, 5) is 31.2. The zero-order valence-corrected chi connectivity index (χ0v) is 16.3. The summed E-state index contributed by atoms with van der Waals surface area (Å²) >= 11 is 1.39. The van der Waals surface area contributed by atoms with Gasteiger partial charge in [0.15, 0.2) is 5.17 Å². The second kappa shape index (κ2) is 8.06. The van der Waals surface area contributed by atoms with Gasteiger partial charge in [-0.15, -0.1) is 0 Å². The van der Waals surface area contributed by atoms with Crippen LogP contribution in [0.2, 0.25) is 0 Å². The number of furan rings is 1. The lowest BCUT2D eigenvalue weighted by atomic mass is 10.1. The number of carbonyl (C=O) groups excluding carboxylic acids is 2. The van der Waals surface area contributed by atoms with E-state index in [1.54, 1.807) is 36.4 Å². The first-order valence-corrected chi connectivity index (χ1v) is 10.0. The van der Waals surface area contributed by atoms with E-state index in [1.165, 1.54) is 25.3 Å². The molecule has 0 saturated carbocycles. The number of hydrogen-bond acceptors (Lipinski definition) is 6. The molecule has 7 heteroatoms. The van der Waals surface area contributed by atoms with Crippen LogP contribution in [0.4, 0.5) is 0 Å². The highest BCUT2D eigenvalue weighted by Crippen LogP contribution is 2.33. The zero-order valence-electron chi connectivity index (χ0n) is 15.5. The summed E-state index contributed by atoms with van der Waals surface area (Å²) < 4.78 is 10.7. The Labute approximate surface area is 167 Å². The predicted octanol–water partition coefficient (Wildman–Crippen LogP) is 4.19. The molecule has 2 aliphatic rings. The number of carbonyl (C=O) groups is 2. The van der Waals surface area contributed by atoms with Crippen molar-refractivity contribution in [2.24, 2.45) is 4.99 Å². The van der Waals surface area contributed by atoms with E-state index in [0.717, 1.165) is 31.1 Å². The van der Waals surface area contributed by atoms with E-state index in [2.05, 4.69) is 9.89 Å². The van der Waals surface area contributed by atoms with Crippen LogP contribution in [0.15, 0.2) is 50.7 Å². The first kappa shape index (κ1) is 18.6. The van der Waals surface area contributed by atoms with Crippen LogP contribution < -0.4 is 0 Å². The number of rotatable bonds is 3. The normalized spacial score (nSPS) is 18.5. The number of ether oxygens (including phenoxy) is 1. The molecule has 0 N–H and O–H groups in total. The molecule has 1 saturated heterocycles. The fraction of sp³-hybridized carbons (Fsp3) is 0.286. The van der Waals surface area contributed by atoms with E-state index in [4.69, 9.17) is 9.15 Å². The van der Waals surface area contributed by atoms with Crippen molar-refractivity contribution in [3.05, 3.63) is 52.6 Å². The van der Waals surface area contributed by atoms with Gasteiger partial charge in [-0.25, -0.2) is 4.79 Å². The van der Waals surface area contributed by atoms with Gasteiger partial charge in [-0.1, -0.05) is 18.2 Å². The second-order valence-corrected chi connectivity index (χ2v) is 7.61. The third-order valence-corrected chi connectivity index (χ3v) is 5.78. The number of nitrogens with zero attached hydrogens (tertiary/aromatic N) is 2. The summed E-state index contributed by atoms with van der Waals surface area (Å²) in [7, 11) is 1.35. The van der Waals surface area contributed by atoms with Crippen molar-refractivity contribution in [1.29, 1.82) is 0 Å². The molecular weight excluding hydrogens is 376 g/mol.